The molecule has 5 rings (SSSR count). The van der Waals surface area contributed by atoms with Gasteiger partial charge in [-0.05, 0) is 90.0 Å². The summed E-state index contributed by atoms with van der Waals surface area (Å²) in [6.45, 7) is 15.9. The van der Waals surface area contributed by atoms with Crippen LogP contribution in [-0.4, -0.2) is 41.7 Å². The van der Waals surface area contributed by atoms with E-state index in [1.165, 1.54) is 6.42 Å². The fraction of sp³-hybridized carbons (Fsp3) is 0.457. The summed E-state index contributed by atoms with van der Waals surface area (Å²) in [6.07, 6.45) is 0.0633. The van der Waals surface area contributed by atoms with Crippen molar-refractivity contribution in [1.29, 1.82) is 0 Å². The number of ether oxygens (including phenoxy) is 2. The van der Waals surface area contributed by atoms with Crippen LogP contribution in [0.4, 0.5) is 5.69 Å². The first kappa shape index (κ1) is 29.8. The molecule has 7 heteroatoms. The number of aromatic nitrogens is 1. The van der Waals surface area contributed by atoms with Crippen LogP contribution in [0, 0.1) is 25.7 Å². The molecule has 0 bridgehead atoms. The van der Waals surface area contributed by atoms with Crippen molar-refractivity contribution in [2.75, 3.05) is 18.0 Å². The van der Waals surface area contributed by atoms with Crippen molar-refractivity contribution < 1.29 is 19.1 Å². The molecule has 1 saturated carbocycles. The lowest BCUT2D eigenvalue weighted by atomic mass is 9.93. The molecule has 1 amide bonds. The largest absolute Gasteiger partial charge is 0.461 e. The monoisotopic (exact) mass is 569 g/mol. The van der Waals surface area contributed by atoms with Crippen LogP contribution < -0.4 is 10.2 Å². The SMILES string of the molecule is Cc1nc(C)c([C@H](OC(C)(C)C)C(=O)OC(C)C)c(N2CC3CC3C2)c1-c1ccc(C(=O)NCc2ccccc2)cc1. The molecule has 1 saturated heterocycles. The fourth-order valence-corrected chi connectivity index (χ4v) is 5.95. The summed E-state index contributed by atoms with van der Waals surface area (Å²) in [5.41, 5.74) is 6.36. The number of rotatable bonds is 9. The van der Waals surface area contributed by atoms with Gasteiger partial charge in [-0.2, -0.15) is 0 Å². The molecule has 222 valence electrons. The zero-order valence-electron chi connectivity index (χ0n) is 25.9. The first-order valence-corrected chi connectivity index (χ1v) is 15.0. The van der Waals surface area contributed by atoms with Crippen LogP contribution in [0.2, 0.25) is 0 Å². The predicted molar refractivity (Wildman–Crippen MR) is 165 cm³/mol. The van der Waals surface area contributed by atoms with E-state index in [0.717, 1.165) is 52.4 Å². The Labute approximate surface area is 249 Å². The van der Waals surface area contributed by atoms with Crippen LogP contribution in [0.3, 0.4) is 0 Å². The number of carbonyl (C=O) groups is 2. The lowest BCUT2D eigenvalue weighted by Gasteiger charge is -2.34. The molecule has 3 atom stereocenters. The summed E-state index contributed by atoms with van der Waals surface area (Å²) >= 11 is 0. The Hall–Kier alpha value is -3.71. The van der Waals surface area contributed by atoms with Gasteiger partial charge in [0.05, 0.1) is 17.4 Å². The zero-order chi connectivity index (χ0) is 30.2. The molecule has 0 spiro atoms. The van der Waals surface area contributed by atoms with Gasteiger partial charge in [-0.1, -0.05) is 42.5 Å². The van der Waals surface area contributed by atoms with Crippen molar-refractivity contribution in [2.45, 2.75) is 79.2 Å². The van der Waals surface area contributed by atoms with Crippen LogP contribution in [0.1, 0.15) is 80.0 Å². The number of hydrogen-bond acceptors (Lipinski definition) is 6. The van der Waals surface area contributed by atoms with Gasteiger partial charge in [-0.15, -0.1) is 0 Å². The summed E-state index contributed by atoms with van der Waals surface area (Å²) in [5.74, 6) is 0.829. The lowest BCUT2D eigenvalue weighted by molar-refractivity contribution is -0.171. The van der Waals surface area contributed by atoms with Crippen LogP contribution in [0.5, 0.6) is 0 Å². The van der Waals surface area contributed by atoms with Crippen molar-refractivity contribution in [3.05, 3.63) is 82.7 Å². The molecule has 2 unspecified atom stereocenters. The maximum Gasteiger partial charge on any atom is 0.340 e. The molecule has 0 radical (unpaired) electrons. The van der Waals surface area contributed by atoms with Gasteiger partial charge in [0.2, 0.25) is 0 Å². The maximum atomic E-state index is 13.6. The predicted octanol–water partition coefficient (Wildman–Crippen LogP) is 6.56. The van der Waals surface area contributed by atoms with E-state index in [0.29, 0.717) is 23.9 Å². The van der Waals surface area contributed by atoms with E-state index in [1.54, 1.807) is 0 Å². The number of nitrogens with zero attached hydrogens (tertiary/aromatic N) is 2. The highest BCUT2D eigenvalue weighted by Gasteiger charge is 2.47. The van der Waals surface area contributed by atoms with E-state index >= 15 is 0 Å². The Morgan fingerprint density at radius 3 is 2.21 bits per heavy atom. The molecule has 1 aliphatic carbocycles. The first-order chi connectivity index (χ1) is 19.9. The number of fused-ring (bicyclic) bond motifs is 1. The van der Waals surface area contributed by atoms with Crippen molar-refractivity contribution >= 4 is 17.6 Å². The topological polar surface area (TPSA) is 80.8 Å². The molecule has 1 aliphatic heterocycles. The van der Waals surface area contributed by atoms with Crippen molar-refractivity contribution in [1.82, 2.24) is 10.3 Å². The quantitative estimate of drug-likeness (QED) is 0.294. The van der Waals surface area contributed by atoms with Gasteiger partial charge in [0, 0.05) is 47.7 Å². The van der Waals surface area contributed by atoms with Crippen LogP contribution in [-0.2, 0) is 20.8 Å². The van der Waals surface area contributed by atoms with Gasteiger partial charge in [0.25, 0.3) is 5.91 Å². The number of piperidine rings is 1. The molecular formula is C35H43N3O4. The van der Waals surface area contributed by atoms with E-state index < -0.39 is 17.7 Å². The number of benzene rings is 2. The van der Waals surface area contributed by atoms with E-state index in [4.69, 9.17) is 14.5 Å². The van der Waals surface area contributed by atoms with E-state index in [-0.39, 0.29) is 12.0 Å². The number of esters is 1. The van der Waals surface area contributed by atoms with Crippen molar-refractivity contribution in [3.8, 4) is 11.1 Å². The van der Waals surface area contributed by atoms with Crippen molar-refractivity contribution in [3.63, 3.8) is 0 Å². The number of hydrogen-bond donors (Lipinski definition) is 1. The van der Waals surface area contributed by atoms with Crippen molar-refractivity contribution in [2.24, 2.45) is 11.8 Å². The van der Waals surface area contributed by atoms with E-state index in [9.17, 15) is 9.59 Å². The Morgan fingerprint density at radius 2 is 1.62 bits per heavy atom. The smallest absolute Gasteiger partial charge is 0.340 e. The fourth-order valence-electron chi connectivity index (χ4n) is 5.95. The molecule has 42 heavy (non-hydrogen) atoms. The first-order valence-electron chi connectivity index (χ1n) is 15.0. The molecule has 1 N–H and O–H groups in total. The standard InChI is InChI=1S/C35H43N3O4/c1-21(2)41-34(40)32(42-35(5,6)7)30-23(4)37-22(3)29(31(30)38-19-27-17-28(27)20-38)25-13-15-26(16-14-25)33(39)36-18-24-11-9-8-10-12-24/h8-16,21,27-28,32H,17-20H2,1-7H3,(H,36,39)/t27?,28?,32-/m0/s1. The average molecular weight is 570 g/mol. The number of pyridine rings is 1. The Kier molecular flexibility index (Phi) is 8.42. The number of amides is 1. The maximum absolute atomic E-state index is 13.6. The van der Waals surface area contributed by atoms with E-state index in [2.05, 4.69) is 10.2 Å². The average Bonchev–Trinajstić information content (AvgIpc) is 3.54. The normalized spacial score (nSPS) is 18.5. The Bertz CT molecular complexity index is 1430. The third-order valence-corrected chi connectivity index (χ3v) is 7.91. The second kappa shape index (κ2) is 11.9. The van der Waals surface area contributed by atoms with Gasteiger partial charge in [0.15, 0.2) is 6.10 Å². The van der Waals surface area contributed by atoms with Crippen LogP contribution >= 0.6 is 0 Å². The second-order valence-electron chi connectivity index (χ2n) is 12.9. The Balaban J connectivity index is 1.55. The molecule has 3 aromatic rings. The van der Waals surface area contributed by atoms with Gasteiger partial charge in [-0.3, -0.25) is 9.78 Å². The second-order valence-corrected chi connectivity index (χ2v) is 12.9. The molecule has 7 nitrogen and oxygen atoms in total. The summed E-state index contributed by atoms with van der Waals surface area (Å²) in [7, 11) is 0. The highest BCUT2D eigenvalue weighted by atomic mass is 16.6. The summed E-state index contributed by atoms with van der Waals surface area (Å²) in [6, 6.07) is 17.5. The van der Waals surface area contributed by atoms with Gasteiger partial charge in [-0.25, -0.2) is 4.79 Å². The number of carbonyl (C=O) groups excluding carboxylic acids is 2. The molecule has 2 aromatic carbocycles. The summed E-state index contributed by atoms with van der Waals surface area (Å²) in [5, 5.41) is 3.01. The molecule has 1 aromatic heterocycles. The minimum absolute atomic E-state index is 0.125. The number of aryl methyl sites for hydroxylation is 2. The minimum atomic E-state index is -0.922. The molecular weight excluding hydrogens is 526 g/mol. The van der Waals surface area contributed by atoms with Gasteiger partial charge < -0.3 is 19.7 Å². The van der Waals surface area contributed by atoms with Crippen LogP contribution in [0.25, 0.3) is 11.1 Å². The van der Waals surface area contributed by atoms with Crippen LogP contribution in [0.15, 0.2) is 54.6 Å². The molecule has 2 heterocycles. The zero-order valence-corrected chi connectivity index (χ0v) is 25.9. The third-order valence-electron chi connectivity index (χ3n) is 7.91. The Morgan fingerprint density at radius 1 is 0.976 bits per heavy atom. The molecule has 2 fully saturated rings. The third kappa shape index (κ3) is 6.67. The number of nitrogens with one attached hydrogen (secondary N) is 1. The molecule has 2 aliphatic rings. The highest BCUT2D eigenvalue weighted by Crippen LogP contribution is 2.51. The van der Waals surface area contributed by atoms with E-state index in [1.807, 2.05) is 103 Å². The lowest BCUT2D eigenvalue weighted by Crippen LogP contribution is -2.33. The minimum Gasteiger partial charge on any atom is -0.461 e. The van der Waals surface area contributed by atoms with Gasteiger partial charge >= 0.3 is 5.97 Å². The highest BCUT2D eigenvalue weighted by molar-refractivity contribution is 5.95. The summed E-state index contributed by atoms with van der Waals surface area (Å²) in [4.78, 5) is 33.9. The van der Waals surface area contributed by atoms with Gasteiger partial charge in [0.1, 0.15) is 0 Å². The summed E-state index contributed by atoms with van der Waals surface area (Å²) < 4.78 is 12.2. The number of anilines is 1.